The number of likely N-dealkylation sites (N-methyl/N-ethyl adjacent to an activating group) is 1. The van der Waals surface area contributed by atoms with Crippen LogP contribution in [0.4, 0.5) is 5.69 Å². The van der Waals surface area contributed by atoms with Gasteiger partial charge in [0.25, 0.3) is 11.6 Å². The number of non-ortho nitro benzene ring substituents is 1. The second-order valence-corrected chi connectivity index (χ2v) is 6.35. The van der Waals surface area contributed by atoms with E-state index in [1.54, 1.807) is 6.92 Å². The average Bonchev–Trinajstić information content (AvgIpc) is 2.68. The zero-order chi connectivity index (χ0) is 20.7. The fourth-order valence-electron chi connectivity index (χ4n) is 2.75. The third-order valence-electron chi connectivity index (χ3n) is 4.17. The molecule has 0 aliphatic heterocycles. The quantitative estimate of drug-likeness (QED) is 0.426. The van der Waals surface area contributed by atoms with Crippen LogP contribution in [-0.4, -0.2) is 48.9 Å². The third-order valence-corrected chi connectivity index (χ3v) is 4.17. The van der Waals surface area contributed by atoms with Crippen LogP contribution >= 0.6 is 0 Å². The van der Waals surface area contributed by atoms with Crippen molar-refractivity contribution in [3.63, 3.8) is 0 Å². The van der Waals surface area contributed by atoms with Crippen LogP contribution in [-0.2, 0) is 4.74 Å². The van der Waals surface area contributed by atoms with Gasteiger partial charge in [-0.3, -0.25) is 14.9 Å². The molecule has 1 unspecified atom stereocenters. The average molecular weight is 385 g/mol. The summed E-state index contributed by atoms with van der Waals surface area (Å²) in [7, 11) is 3.80. The SMILES string of the molecule is CCOC(=O)c1cc(C(=O)NCC(c2ccccc2)N(C)C)cc([N+](=O)[O-])c1. The first kappa shape index (κ1) is 21.0. The van der Waals surface area contributed by atoms with E-state index in [1.807, 2.05) is 49.3 Å². The second kappa shape index (κ2) is 9.61. The highest BCUT2D eigenvalue weighted by Crippen LogP contribution is 2.20. The third kappa shape index (κ3) is 5.37. The van der Waals surface area contributed by atoms with E-state index in [2.05, 4.69) is 5.32 Å². The fourth-order valence-corrected chi connectivity index (χ4v) is 2.75. The molecule has 0 fully saturated rings. The fraction of sp³-hybridized carbons (Fsp3) is 0.300. The molecule has 0 saturated heterocycles. The van der Waals surface area contributed by atoms with Gasteiger partial charge in [0.15, 0.2) is 0 Å². The normalized spacial score (nSPS) is 11.7. The minimum Gasteiger partial charge on any atom is -0.462 e. The van der Waals surface area contributed by atoms with Gasteiger partial charge in [-0.2, -0.15) is 0 Å². The number of hydrogen-bond acceptors (Lipinski definition) is 6. The topological polar surface area (TPSA) is 102 Å². The Bertz CT molecular complexity index is 852. The zero-order valence-corrected chi connectivity index (χ0v) is 16.0. The molecule has 0 bridgehead atoms. The van der Waals surface area contributed by atoms with E-state index in [0.29, 0.717) is 6.54 Å². The first-order valence-electron chi connectivity index (χ1n) is 8.79. The molecule has 148 valence electrons. The molecule has 2 rings (SSSR count). The van der Waals surface area contributed by atoms with E-state index in [-0.39, 0.29) is 29.5 Å². The van der Waals surface area contributed by atoms with Crippen LogP contribution in [0.1, 0.15) is 39.2 Å². The van der Waals surface area contributed by atoms with Crippen LogP contribution in [0.3, 0.4) is 0 Å². The molecule has 2 aromatic carbocycles. The maximum atomic E-state index is 12.6. The summed E-state index contributed by atoms with van der Waals surface area (Å²) in [5, 5.41) is 14.0. The van der Waals surface area contributed by atoms with Gasteiger partial charge in [-0.05, 0) is 32.6 Å². The van der Waals surface area contributed by atoms with E-state index in [4.69, 9.17) is 4.74 Å². The number of nitrogens with one attached hydrogen (secondary N) is 1. The predicted octanol–water partition coefficient (Wildman–Crippen LogP) is 2.80. The van der Waals surface area contributed by atoms with Crippen LogP contribution in [0.15, 0.2) is 48.5 Å². The molecule has 0 aliphatic rings. The molecule has 1 N–H and O–H groups in total. The second-order valence-electron chi connectivity index (χ2n) is 6.35. The minimum atomic E-state index is -0.712. The number of carbonyl (C=O) groups is 2. The van der Waals surface area contributed by atoms with Crippen LogP contribution in [0.25, 0.3) is 0 Å². The lowest BCUT2D eigenvalue weighted by molar-refractivity contribution is -0.384. The van der Waals surface area contributed by atoms with E-state index in [1.165, 1.54) is 6.07 Å². The maximum absolute atomic E-state index is 12.6. The molecule has 0 heterocycles. The van der Waals surface area contributed by atoms with Crippen LogP contribution in [0, 0.1) is 10.1 Å². The van der Waals surface area contributed by atoms with Crippen molar-refractivity contribution in [3.8, 4) is 0 Å². The molecule has 8 nitrogen and oxygen atoms in total. The van der Waals surface area contributed by atoms with Crippen molar-refractivity contribution in [1.29, 1.82) is 0 Å². The number of esters is 1. The summed E-state index contributed by atoms with van der Waals surface area (Å²) in [6.07, 6.45) is 0. The summed E-state index contributed by atoms with van der Waals surface area (Å²) >= 11 is 0. The molecule has 0 aliphatic carbocycles. The monoisotopic (exact) mass is 385 g/mol. The van der Waals surface area contributed by atoms with Gasteiger partial charge in [-0.25, -0.2) is 4.79 Å². The highest BCUT2D eigenvalue weighted by Gasteiger charge is 2.20. The Morgan fingerprint density at radius 2 is 1.79 bits per heavy atom. The van der Waals surface area contributed by atoms with E-state index in [0.717, 1.165) is 17.7 Å². The summed E-state index contributed by atoms with van der Waals surface area (Å²) in [6.45, 7) is 2.06. The number of nitrogens with zero attached hydrogens (tertiary/aromatic N) is 2. The van der Waals surface area contributed by atoms with Gasteiger partial charge in [0.1, 0.15) is 0 Å². The van der Waals surface area contributed by atoms with E-state index >= 15 is 0 Å². The number of nitro benzene ring substituents is 1. The summed E-state index contributed by atoms with van der Waals surface area (Å²) in [4.78, 5) is 37.0. The first-order valence-corrected chi connectivity index (χ1v) is 8.79. The minimum absolute atomic E-state index is 0.0304. The summed E-state index contributed by atoms with van der Waals surface area (Å²) in [6, 6.07) is 13.1. The Morgan fingerprint density at radius 3 is 2.36 bits per heavy atom. The Hall–Kier alpha value is -3.26. The van der Waals surface area contributed by atoms with Crippen molar-refractivity contribution < 1.29 is 19.2 Å². The van der Waals surface area contributed by atoms with E-state index < -0.39 is 16.8 Å². The number of benzene rings is 2. The lowest BCUT2D eigenvalue weighted by Crippen LogP contribution is -2.34. The highest BCUT2D eigenvalue weighted by molar-refractivity contribution is 5.99. The number of nitro groups is 1. The lowest BCUT2D eigenvalue weighted by atomic mass is 10.1. The first-order chi connectivity index (χ1) is 13.3. The number of ether oxygens (including phenoxy) is 1. The van der Waals surface area contributed by atoms with Crippen LogP contribution in [0.5, 0.6) is 0 Å². The molecule has 8 heteroatoms. The predicted molar refractivity (Wildman–Crippen MR) is 104 cm³/mol. The molecule has 0 spiro atoms. The molecule has 1 atom stereocenters. The molecule has 2 aromatic rings. The van der Waals surface area contributed by atoms with Crippen molar-refractivity contribution in [1.82, 2.24) is 10.2 Å². The summed E-state index contributed by atoms with van der Waals surface area (Å²) in [5.41, 5.74) is 0.679. The molecular weight excluding hydrogens is 362 g/mol. The molecule has 28 heavy (non-hydrogen) atoms. The molecule has 0 saturated carbocycles. The smallest absolute Gasteiger partial charge is 0.338 e. The van der Waals surface area contributed by atoms with Gasteiger partial charge >= 0.3 is 5.97 Å². The van der Waals surface area contributed by atoms with Gasteiger partial charge in [0, 0.05) is 24.2 Å². The van der Waals surface area contributed by atoms with Gasteiger partial charge < -0.3 is 15.0 Å². The summed E-state index contributed by atoms with van der Waals surface area (Å²) < 4.78 is 4.88. The molecule has 0 aromatic heterocycles. The Balaban J connectivity index is 2.22. The van der Waals surface area contributed by atoms with Gasteiger partial charge in [-0.1, -0.05) is 30.3 Å². The Kier molecular flexibility index (Phi) is 7.22. The Morgan fingerprint density at radius 1 is 1.14 bits per heavy atom. The molecule has 1 amide bonds. The van der Waals surface area contributed by atoms with Gasteiger partial charge in [0.05, 0.1) is 23.1 Å². The Labute approximate surface area is 163 Å². The van der Waals surface area contributed by atoms with Gasteiger partial charge in [-0.15, -0.1) is 0 Å². The van der Waals surface area contributed by atoms with Crippen molar-refractivity contribution in [2.24, 2.45) is 0 Å². The van der Waals surface area contributed by atoms with Crippen LogP contribution < -0.4 is 5.32 Å². The van der Waals surface area contributed by atoms with Crippen molar-refractivity contribution in [2.75, 3.05) is 27.2 Å². The number of amides is 1. The highest BCUT2D eigenvalue weighted by atomic mass is 16.6. The standard InChI is InChI=1S/C20H23N3O5/c1-4-28-20(25)16-10-15(11-17(12-16)23(26)27)19(24)21-13-18(22(2)3)14-8-6-5-7-9-14/h5-12,18H,4,13H2,1-3H3,(H,21,24). The summed E-state index contributed by atoms with van der Waals surface area (Å²) in [5.74, 6) is -1.22. The number of carbonyl (C=O) groups excluding carboxylic acids is 2. The van der Waals surface area contributed by atoms with Crippen molar-refractivity contribution >= 4 is 17.6 Å². The van der Waals surface area contributed by atoms with Gasteiger partial charge in [0.2, 0.25) is 0 Å². The molecule has 0 radical (unpaired) electrons. The van der Waals surface area contributed by atoms with Crippen LogP contribution in [0.2, 0.25) is 0 Å². The number of rotatable bonds is 8. The van der Waals surface area contributed by atoms with Crippen molar-refractivity contribution in [2.45, 2.75) is 13.0 Å². The van der Waals surface area contributed by atoms with E-state index in [9.17, 15) is 19.7 Å². The van der Waals surface area contributed by atoms with Crippen molar-refractivity contribution in [3.05, 3.63) is 75.3 Å². The maximum Gasteiger partial charge on any atom is 0.338 e. The number of hydrogen-bond donors (Lipinski definition) is 1. The zero-order valence-electron chi connectivity index (χ0n) is 16.0. The molecular formula is C20H23N3O5. The lowest BCUT2D eigenvalue weighted by Gasteiger charge is -2.25. The largest absolute Gasteiger partial charge is 0.462 e.